The normalized spacial score (nSPS) is 21.1. The summed E-state index contributed by atoms with van der Waals surface area (Å²) in [6.07, 6.45) is 1.03. The van der Waals surface area contributed by atoms with Gasteiger partial charge in [0.2, 0.25) is 0 Å². The van der Waals surface area contributed by atoms with E-state index in [1.54, 1.807) is 0 Å². The van der Waals surface area contributed by atoms with Gasteiger partial charge in [-0.2, -0.15) is 0 Å². The van der Waals surface area contributed by atoms with Gasteiger partial charge in [-0.15, -0.1) is 11.3 Å². The van der Waals surface area contributed by atoms with Gasteiger partial charge in [0.1, 0.15) is 0 Å². The van der Waals surface area contributed by atoms with Crippen molar-refractivity contribution in [2.24, 2.45) is 0 Å². The molecule has 0 bridgehead atoms. The highest BCUT2D eigenvalue weighted by Gasteiger charge is 2.23. The molecule has 1 aromatic rings. The lowest BCUT2D eigenvalue weighted by atomic mass is 10.2. The Labute approximate surface area is 120 Å². The van der Waals surface area contributed by atoms with Crippen LogP contribution in [0, 0.1) is 0 Å². The maximum atomic E-state index is 4.85. The van der Waals surface area contributed by atoms with Gasteiger partial charge in [0.25, 0.3) is 0 Å². The first-order chi connectivity index (χ1) is 9.15. The minimum atomic E-state index is 0.611. The van der Waals surface area contributed by atoms with Gasteiger partial charge in [0, 0.05) is 37.1 Å². The fourth-order valence-electron chi connectivity index (χ4n) is 2.38. The number of hydrogen-bond donors (Lipinski definition) is 1. The number of anilines is 1. The van der Waals surface area contributed by atoms with Crippen molar-refractivity contribution in [3.63, 3.8) is 0 Å². The Balaban J connectivity index is 2.09. The molecule has 1 aromatic heterocycles. The average Bonchev–Trinajstić information content (AvgIpc) is 2.82. The van der Waals surface area contributed by atoms with Gasteiger partial charge in [0.15, 0.2) is 5.13 Å². The van der Waals surface area contributed by atoms with Crippen LogP contribution in [0.4, 0.5) is 5.13 Å². The topological polar surface area (TPSA) is 31.4 Å². The lowest BCUT2D eigenvalue weighted by molar-refractivity contribution is 0.234. The number of nitrogens with one attached hydrogen (secondary N) is 1. The zero-order valence-electron chi connectivity index (χ0n) is 12.6. The second-order valence-electron chi connectivity index (χ2n) is 5.28. The second kappa shape index (κ2) is 6.68. The number of hydrogen-bond acceptors (Lipinski definition) is 5. The van der Waals surface area contributed by atoms with Gasteiger partial charge in [-0.3, -0.25) is 0 Å². The minimum absolute atomic E-state index is 0.611. The number of thiazole rings is 1. The molecule has 0 aromatic carbocycles. The molecule has 1 aliphatic rings. The molecule has 1 N–H and O–H groups in total. The molecule has 0 aliphatic carbocycles. The van der Waals surface area contributed by atoms with E-state index in [0.29, 0.717) is 6.04 Å². The largest absolute Gasteiger partial charge is 0.345 e. The second-order valence-corrected chi connectivity index (χ2v) is 6.34. The molecule has 1 aliphatic heterocycles. The van der Waals surface area contributed by atoms with Crippen LogP contribution in [0.2, 0.25) is 0 Å². The summed E-state index contributed by atoms with van der Waals surface area (Å²) in [5, 5.41) is 4.63. The van der Waals surface area contributed by atoms with Crippen LogP contribution in [0.25, 0.3) is 0 Å². The van der Waals surface area contributed by atoms with Crippen molar-refractivity contribution in [3.8, 4) is 0 Å². The van der Waals surface area contributed by atoms with E-state index in [1.165, 1.54) is 15.7 Å². The molecule has 2 rings (SSSR count). The molecule has 0 amide bonds. The molecule has 0 spiro atoms. The predicted molar refractivity (Wildman–Crippen MR) is 83.2 cm³/mol. The third-order valence-corrected chi connectivity index (χ3v) is 5.03. The van der Waals surface area contributed by atoms with Crippen molar-refractivity contribution in [3.05, 3.63) is 10.6 Å². The highest BCUT2D eigenvalue weighted by Crippen LogP contribution is 2.28. The highest BCUT2D eigenvalue weighted by molar-refractivity contribution is 7.15. The molecule has 0 saturated carbocycles. The van der Waals surface area contributed by atoms with Crippen LogP contribution in [0.1, 0.15) is 31.3 Å². The van der Waals surface area contributed by atoms with Crippen LogP contribution in [-0.2, 0) is 13.0 Å². The molecule has 0 radical (unpaired) electrons. The Kier molecular flexibility index (Phi) is 5.19. The molecule has 1 fully saturated rings. The fraction of sp³-hybridized carbons (Fsp3) is 0.786. The van der Waals surface area contributed by atoms with Crippen LogP contribution in [0.5, 0.6) is 0 Å². The van der Waals surface area contributed by atoms with E-state index in [0.717, 1.165) is 39.1 Å². The molecule has 108 valence electrons. The third-order valence-electron chi connectivity index (χ3n) is 3.87. The van der Waals surface area contributed by atoms with Crippen molar-refractivity contribution in [1.29, 1.82) is 0 Å². The van der Waals surface area contributed by atoms with Crippen molar-refractivity contribution in [2.45, 2.75) is 39.8 Å². The molecular formula is C14H26N4S. The number of rotatable bonds is 5. The lowest BCUT2D eigenvalue weighted by Gasteiger charge is -2.37. The Morgan fingerprint density at radius 1 is 1.37 bits per heavy atom. The molecular weight excluding hydrogens is 256 g/mol. The summed E-state index contributed by atoms with van der Waals surface area (Å²) in [6.45, 7) is 11.9. The van der Waals surface area contributed by atoms with Gasteiger partial charge >= 0.3 is 0 Å². The number of piperazine rings is 1. The van der Waals surface area contributed by atoms with Crippen LogP contribution in [-0.4, -0.2) is 49.2 Å². The van der Waals surface area contributed by atoms with Crippen molar-refractivity contribution in [2.75, 3.05) is 38.1 Å². The first-order valence-corrected chi connectivity index (χ1v) is 8.11. The molecule has 19 heavy (non-hydrogen) atoms. The summed E-state index contributed by atoms with van der Waals surface area (Å²) in [6, 6.07) is 0.611. The fourth-order valence-corrected chi connectivity index (χ4v) is 3.53. The maximum Gasteiger partial charge on any atom is 0.185 e. The van der Waals surface area contributed by atoms with Gasteiger partial charge in [-0.25, -0.2) is 4.98 Å². The van der Waals surface area contributed by atoms with E-state index < -0.39 is 0 Å². The zero-order chi connectivity index (χ0) is 13.8. The molecule has 2 heterocycles. The Hall–Kier alpha value is -0.650. The van der Waals surface area contributed by atoms with Crippen LogP contribution in [0.3, 0.4) is 0 Å². The van der Waals surface area contributed by atoms with E-state index in [2.05, 4.69) is 42.9 Å². The van der Waals surface area contributed by atoms with Gasteiger partial charge in [-0.05, 0) is 26.9 Å². The lowest BCUT2D eigenvalue weighted by Crippen LogP contribution is -2.50. The van der Waals surface area contributed by atoms with Crippen molar-refractivity contribution >= 4 is 16.5 Å². The average molecular weight is 282 g/mol. The van der Waals surface area contributed by atoms with E-state index >= 15 is 0 Å². The molecule has 1 saturated heterocycles. The number of likely N-dealkylation sites (N-methyl/N-ethyl adjacent to an activating group) is 1. The Bertz CT molecular complexity index is 404. The SMILES string of the molecule is CCNCc1sc(N2CCN(C)C(C)C2)nc1CC. The van der Waals surface area contributed by atoms with E-state index in [-0.39, 0.29) is 0 Å². The quantitative estimate of drug-likeness (QED) is 0.894. The van der Waals surface area contributed by atoms with E-state index in [9.17, 15) is 0 Å². The highest BCUT2D eigenvalue weighted by atomic mass is 32.1. The smallest absolute Gasteiger partial charge is 0.185 e. The Morgan fingerprint density at radius 3 is 2.79 bits per heavy atom. The van der Waals surface area contributed by atoms with Crippen LogP contribution >= 0.6 is 11.3 Å². The minimum Gasteiger partial charge on any atom is -0.345 e. The van der Waals surface area contributed by atoms with Crippen molar-refractivity contribution < 1.29 is 0 Å². The zero-order valence-corrected chi connectivity index (χ0v) is 13.4. The van der Waals surface area contributed by atoms with Gasteiger partial charge < -0.3 is 15.1 Å². The number of aromatic nitrogens is 1. The van der Waals surface area contributed by atoms with Gasteiger partial charge in [-0.1, -0.05) is 13.8 Å². The van der Waals surface area contributed by atoms with E-state index in [4.69, 9.17) is 4.98 Å². The van der Waals surface area contributed by atoms with E-state index in [1.807, 2.05) is 11.3 Å². The molecule has 1 unspecified atom stereocenters. The number of nitrogens with zero attached hydrogens (tertiary/aromatic N) is 3. The predicted octanol–water partition coefficient (Wildman–Crippen LogP) is 1.96. The van der Waals surface area contributed by atoms with Crippen LogP contribution in [0.15, 0.2) is 0 Å². The Morgan fingerprint density at radius 2 is 2.16 bits per heavy atom. The van der Waals surface area contributed by atoms with Crippen LogP contribution < -0.4 is 10.2 Å². The van der Waals surface area contributed by atoms with Gasteiger partial charge in [0.05, 0.1) is 5.69 Å². The molecule has 5 heteroatoms. The summed E-state index contributed by atoms with van der Waals surface area (Å²) >= 11 is 1.87. The molecule has 4 nitrogen and oxygen atoms in total. The molecule has 1 atom stereocenters. The maximum absolute atomic E-state index is 4.85. The summed E-state index contributed by atoms with van der Waals surface area (Å²) < 4.78 is 0. The summed E-state index contributed by atoms with van der Waals surface area (Å²) in [5.74, 6) is 0. The first-order valence-electron chi connectivity index (χ1n) is 7.30. The van der Waals surface area contributed by atoms with Crippen molar-refractivity contribution in [1.82, 2.24) is 15.2 Å². The standard InChI is InChI=1S/C14H26N4S/c1-5-12-13(9-15-6-2)19-14(16-12)18-8-7-17(4)11(3)10-18/h11,15H,5-10H2,1-4H3. The number of aryl methyl sites for hydroxylation is 1. The summed E-state index contributed by atoms with van der Waals surface area (Å²) in [5.41, 5.74) is 1.27. The third kappa shape index (κ3) is 3.46. The summed E-state index contributed by atoms with van der Waals surface area (Å²) in [7, 11) is 2.21. The summed E-state index contributed by atoms with van der Waals surface area (Å²) in [4.78, 5) is 11.1. The first kappa shape index (κ1) is 14.8. The monoisotopic (exact) mass is 282 g/mol.